The highest BCUT2D eigenvalue weighted by molar-refractivity contribution is 7.07. The molecular weight excluding hydrogens is 134 g/mol. The first-order chi connectivity index (χ1) is 4.34. The molecule has 0 aliphatic carbocycles. The minimum Gasteiger partial charge on any atom is -0.394 e. The summed E-state index contributed by atoms with van der Waals surface area (Å²) < 4.78 is 0. The highest BCUT2D eigenvalue weighted by Crippen LogP contribution is 2.12. The van der Waals surface area contributed by atoms with Crippen LogP contribution in [0.4, 0.5) is 0 Å². The Morgan fingerprint density at radius 1 is 1.78 bits per heavy atom. The lowest BCUT2D eigenvalue weighted by Gasteiger charge is -2.02. The molecule has 0 fully saturated rings. The van der Waals surface area contributed by atoms with Crippen LogP contribution in [0.25, 0.3) is 0 Å². The Bertz CT molecular complexity index is 162. The van der Waals surface area contributed by atoms with Gasteiger partial charge < -0.3 is 10.8 Å². The van der Waals surface area contributed by atoms with Gasteiger partial charge in [0.1, 0.15) is 0 Å². The summed E-state index contributed by atoms with van der Waals surface area (Å²) >= 11 is 1.59. The van der Waals surface area contributed by atoms with Crippen LogP contribution in [-0.2, 0) is 0 Å². The van der Waals surface area contributed by atoms with Gasteiger partial charge in [-0.15, -0.1) is 0 Å². The van der Waals surface area contributed by atoms with E-state index in [-0.39, 0.29) is 12.6 Å². The number of rotatable bonds is 2. The normalized spacial score (nSPS) is 13.6. The minimum atomic E-state index is -0.198. The van der Waals surface area contributed by atoms with Crippen molar-refractivity contribution in [1.82, 2.24) is 0 Å². The molecule has 9 heavy (non-hydrogen) atoms. The quantitative estimate of drug-likeness (QED) is 0.641. The first-order valence-electron chi connectivity index (χ1n) is 2.73. The maximum Gasteiger partial charge on any atom is 0.0624 e. The van der Waals surface area contributed by atoms with Crippen molar-refractivity contribution in [2.75, 3.05) is 6.61 Å². The smallest absolute Gasteiger partial charge is 0.0624 e. The molecule has 1 heterocycles. The van der Waals surface area contributed by atoms with Crippen LogP contribution in [0.2, 0.25) is 0 Å². The molecular formula is C6H9NOS. The summed E-state index contributed by atoms with van der Waals surface area (Å²) in [7, 11) is 0. The van der Waals surface area contributed by atoms with Crippen LogP contribution in [0.5, 0.6) is 0 Å². The van der Waals surface area contributed by atoms with Crippen LogP contribution in [-0.4, -0.2) is 11.7 Å². The summed E-state index contributed by atoms with van der Waals surface area (Å²) in [4.78, 5) is 0. The van der Waals surface area contributed by atoms with E-state index >= 15 is 0 Å². The molecule has 0 unspecified atom stereocenters. The van der Waals surface area contributed by atoms with E-state index in [1.165, 1.54) is 0 Å². The molecule has 1 aromatic rings. The molecule has 0 aromatic carbocycles. The average Bonchev–Trinajstić information content (AvgIpc) is 2.37. The van der Waals surface area contributed by atoms with Gasteiger partial charge >= 0.3 is 0 Å². The molecule has 0 radical (unpaired) electrons. The van der Waals surface area contributed by atoms with Crippen molar-refractivity contribution in [1.29, 1.82) is 0 Å². The second-order valence-electron chi connectivity index (χ2n) is 1.85. The Kier molecular flexibility index (Phi) is 2.22. The van der Waals surface area contributed by atoms with Gasteiger partial charge in [0.05, 0.1) is 12.6 Å². The molecule has 0 aliphatic rings. The van der Waals surface area contributed by atoms with E-state index in [0.29, 0.717) is 0 Å². The number of aliphatic hydroxyl groups is 1. The molecule has 50 valence electrons. The number of aliphatic hydroxyl groups excluding tert-OH is 1. The second-order valence-corrected chi connectivity index (χ2v) is 2.63. The van der Waals surface area contributed by atoms with Crippen LogP contribution in [0.15, 0.2) is 16.8 Å². The number of hydrogen-bond acceptors (Lipinski definition) is 3. The zero-order valence-corrected chi connectivity index (χ0v) is 5.77. The first-order valence-corrected chi connectivity index (χ1v) is 3.67. The number of hydrogen-bond donors (Lipinski definition) is 2. The summed E-state index contributed by atoms with van der Waals surface area (Å²) in [6.07, 6.45) is 0. The lowest BCUT2D eigenvalue weighted by molar-refractivity contribution is 0.268. The lowest BCUT2D eigenvalue weighted by Crippen LogP contribution is -2.13. The molecule has 1 aromatic heterocycles. The molecule has 0 spiro atoms. The fraction of sp³-hybridized carbons (Fsp3) is 0.333. The molecule has 0 saturated carbocycles. The zero-order valence-electron chi connectivity index (χ0n) is 4.95. The summed E-state index contributed by atoms with van der Waals surface area (Å²) in [5.41, 5.74) is 6.51. The van der Waals surface area contributed by atoms with Gasteiger partial charge in [-0.05, 0) is 22.4 Å². The average molecular weight is 143 g/mol. The molecule has 3 N–H and O–H groups in total. The SMILES string of the molecule is N[C@@H](CO)c1ccsc1. The molecule has 0 saturated heterocycles. The van der Waals surface area contributed by atoms with Gasteiger partial charge in [0.15, 0.2) is 0 Å². The Hall–Kier alpha value is -0.380. The van der Waals surface area contributed by atoms with Gasteiger partial charge in [-0.25, -0.2) is 0 Å². The molecule has 1 rings (SSSR count). The molecule has 2 nitrogen and oxygen atoms in total. The Morgan fingerprint density at radius 3 is 3.00 bits per heavy atom. The van der Waals surface area contributed by atoms with Crippen molar-refractivity contribution in [3.05, 3.63) is 22.4 Å². The third kappa shape index (κ3) is 1.51. The van der Waals surface area contributed by atoms with Crippen molar-refractivity contribution in [3.8, 4) is 0 Å². The van der Waals surface area contributed by atoms with Gasteiger partial charge in [-0.2, -0.15) is 11.3 Å². The standard InChI is InChI=1S/C6H9NOS/c7-6(3-8)5-1-2-9-4-5/h1-2,4,6,8H,3,7H2/t6-/m0/s1. The Balaban J connectivity index is 2.65. The maximum absolute atomic E-state index is 8.59. The molecule has 0 aliphatic heterocycles. The summed E-state index contributed by atoms with van der Waals surface area (Å²) in [6, 6.07) is 1.72. The van der Waals surface area contributed by atoms with Crippen LogP contribution in [0.1, 0.15) is 11.6 Å². The summed E-state index contributed by atoms with van der Waals surface area (Å²) in [5, 5.41) is 12.5. The Morgan fingerprint density at radius 2 is 2.56 bits per heavy atom. The van der Waals surface area contributed by atoms with Gasteiger partial charge in [-0.3, -0.25) is 0 Å². The third-order valence-electron chi connectivity index (χ3n) is 1.17. The van der Waals surface area contributed by atoms with Crippen molar-refractivity contribution >= 4 is 11.3 Å². The predicted molar refractivity (Wildman–Crippen MR) is 38.3 cm³/mol. The van der Waals surface area contributed by atoms with Crippen LogP contribution in [0.3, 0.4) is 0 Å². The van der Waals surface area contributed by atoms with Gasteiger partial charge in [0.25, 0.3) is 0 Å². The third-order valence-corrected chi connectivity index (χ3v) is 1.87. The van der Waals surface area contributed by atoms with E-state index in [1.807, 2.05) is 16.8 Å². The van der Waals surface area contributed by atoms with E-state index in [0.717, 1.165) is 5.56 Å². The number of thiophene rings is 1. The molecule has 0 bridgehead atoms. The first kappa shape index (κ1) is 6.74. The van der Waals surface area contributed by atoms with E-state index in [4.69, 9.17) is 10.8 Å². The molecule has 3 heteroatoms. The fourth-order valence-corrected chi connectivity index (χ4v) is 1.32. The number of nitrogens with two attached hydrogens (primary N) is 1. The van der Waals surface area contributed by atoms with Gasteiger partial charge in [0.2, 0.25) is 0 Å². The van der Waals surface area contributed by atoms with Crippen LogP contribution >= 0.6 is 11.3 Å². The molecule has 1 atom stereocenters. The second kappa shape index (κ2) is 2.96. The zero-order chi connectivity index (χ0) is 6.69. The predicted octanol–water partition coefficient (Wildman–Crippen LogP) is 0.740. The lowest BCUT2D eigenvalue weighted by atomic mass is 10.2. The summed E-state index contributed by atoms with van der Waals surface area (Å²) in [5.74, 6) is 0. The van der Waals surface area contributed by atoms with Crippen LogP contribution < -0.4 is 5.73 Å². The van der Waals surface area contributed by atoms with Crippen molar-refractivity contribution in [2.45, 2.75) is 6.04 Å². The molecule has 0 amide bonds. The van der Waals surface area contributed by atoms with Crippen LogP contribution in [0, 0.1) is 0 Å². The maximum atomic E-state index is 8.59. The highest BCUT2D eigenvalue weighted by Gasteiger charge is 2.01. The summed E-state index contributed by atoms with van der Waals surface area (Å²) in [6.45, 7) is 0.0245. The van der Waals surface area contributed by atoms with E-state index < -0.39 is 0 Å². The van der Waals surface area contributed by atoms with E-state index in [9.17, 15) is 0 Å². The van der Waals surface area contributed by atoms with Gasteiger partial charge in [0, 0.05) is 0 Å². The van der Waals surface area contributed by atoms with Crippen molar-refractivity contribution < 1.29 is 5.11 Å². The van der Waals surface area contributed by atoms with Gasteiger partial charge in [-0.1, -0.05) is 0 Å². The van der Waals surface area contributed by atoms with Crippen molar-refractivity contribution in [3.63, 3.8) is 0 Å². The minimum absolute atomic E-state index is 0.0245. The van der Waals surface area contributed by atoms with E-state index in [2.05, 4.69) is 0 Å². The van der Waals surface area contributed by atoms with E-state index in [1.54, 1.807) is 11.3 Å². The largest absolute Gasteiger partial charge is 0.394 e. The Labute approximate surface area is 57.9 Å². The highest BCUT2D eigenvalue weighted by atomic mass is 32.1. The topological polar surface area (TPSA) is 46.2 Å². The monoisotopic (exact) mass is 143 g/mol. The fourth-order valence-electron chi connectivity index (χ4n) is 0.591. The van der Waals surface area contributed by atoms with Crippen molar-refractivity contribution in [2.24, 2.45) is 5.73 Å².